The van der Waals surface area contributed by atoms with Gasteiger partial charge in [-0.1, -0.05) is 11.6 Å². The number of rotatable bonds is 1. The van der Waals surface area contributed by atoms with Crippen LogP contribution in [0.3, 0.4) is 0 Å². The van der Waals surface area contributed by atoms with Crippen LogP contribution in [0.4, 0.5) is 5.69 Å². The van der Waals surface area contributed by atoms with Gasteiger partial charge in [0.1, 0.15) is 6.04 Å². The molecule has 1 heterocycles. The molecule has 5 heteroatoms. The third-order valence-electron chi connectivity index (χ3n) is 2.59. The number of hydrogen-bond acceptors (Lipinski definition) is 2. The fourth-order valence-corrected chi connectivity index (χ4v) is 2.03. The van der Waals surface area contributed by atoms with Crippen molar-refractivity contribution in [2.24, 2.45) is 0 Å². The van der Waals surface area contributed by atoms with Gasteiger partial charge in [-0.3, -0.25) is 9.59 Å². The fraction of sp³-hybridized carbons (Fsp3) is 0.273. The molecule has 1 aromatic rings. The van der Waals surface area contributed by atoms with Crippen molar-refractivity contribution in [3.8, 4) is 0 Å². The van der Waals surface area contributed by atoms with Crippen LogP contribution in [-0.4, -0.2) is 18.9 Å². The fourth-order valence-electron chi connectivity index (χ4n) is 1.85. The molecule has 1 unspecified atom stereocenters. The van der Waals surface area contributed by atoms with Gasteiger partial charge in [0.05, 0.1) is 0 Å². The Hall–Kier alpha value is -1.55. The summed E-state index contributed by atoms with van der Waals surface area (Å²) in [5.74, 6) is -0.382. The van der Waals surface area contributed by atoms with E-state index >= 15 is 0 Å². The van der Waals surface area contributed by atoms with Crippen molar-refractivity contribution in [1.82, 2.24) is 5.32 Å². The number of carbonyl (C=O) groups excluding carboxylic acids is 2. The number of fused-ring (bicyclic) bond motifs is 1. The van der Waals surface area contributed by atoms with E-state index in [2.05, 4.69) is 5.32 Å². The second-order valence-electron chi connectivity index (χ2n) is 3.73. The number of anilines is 1. The maximum absolute atomic E-state index is 11.9. The molecule has 2 amide bonds. The lowest BCUT2D eigenvalue weighted by molar-refractivity contribution is -0.125. The minimum atomic E-state index is -0.615. The van der Waals surface area contributed by atoms with Gasteiger partial charge in [-0.05, 0) is 18.2 Å². The van der Waals surface area contributed by atoms with Crippen LogP contribution in [0.5, 0.6) is 0 Å². The van der Waals surface area contributed by atoms with Crippen LogP contribution in [0.15, 0.2) is 18.2 Å². The van der Waals surface area contributed by atoms with Crippen LogP contribution in [0, 0.1) is 0 Å². The lowest BCUT2D eigenvalue weighted by Crippen LogP contribution is -2.34. The Balaban J connectivity index is 2.47. The molecule has 4 nitrogen and oxygen atoms in total. The molecule has 1 aliphatic rings. The van der Waals surface area contributed by atoms with Gasteiger partial charge in [0.2, 0.25) is 5.91 Å². The molecule has 0 fully saturated rings. The van der Waals surface area contributed by atoms with Crippen LogP contribution in [-0.2, 0) is 9.59 Å². The predicted octanol–water partition coefficient (Wildman–Crippen LogP) is 1.49. The van der Waals surface area contributed by atoms with E-state index in [0.29, 0.717) is 5.02 Å². The summed E-state index contributed by atoms with van der Waals surface area (Å²) in [7, 11) is 1.68. The Labute approximate surface area is 98.2 Å². The molecule has 0 spiro atoms. The van der Waals surface area contributed by atoms with E-state index in [1.807, 2.05) is 0 Å². The average Bonchev–Trinajstić information content (AvgIpc) is 2.43. The second-order valence-corrected chi connectivity index (χ2v) is 4.17. The van der Waals surface area contributed by atoms with E-state index in [1.165, 1.54) is 11.8 Å². The first-order valence-corrected chi connectivity index (χ1v) is 5.22. The Morgan fingerprint density at radius 2 is 2.19 bits per heavy atom. The highest BCUT2D eigenvalue weighted by Gasteiger charge is 2.35. The van der Waals surface area contributed by atoms with Crippen LogP contribution < -0.4 is 10.2 Å². The summed E-state index contributed by atoms with van der Waals surface area (Å²) in [6.45, 7) is 1.38. The molecule has 1 N–H and O–H groups in total. The summed E-state index contributed by atoms with van der Waals surface area (Å²) < 4.78 is 0. The van der Waals surface area contributed by atoms with Crippen molar-refractivity contribution >= 4 is 29.1 Å². The molecule has 0 aliphatic carbocycles. The SMILES string of the molecule is CC(=O)NC1C(=O)N(C)c2ccc(Cl)cc21. The number of carbonyl (C=O) groups is 2. The minimum absolute atomic E-state index is 0.146. The Kier molecular flexibility index (Phi) is 2.59. The summed E-state index contributed by atoms with van der Waals surface area (Å²) in [6.07, 6.45) is 0. The lowest BCUT2D eigenvalue weighted by atomic mass is 10.1. The van der Waals surface area contributed by atoms with Gasteiger partial charge >= 0.3 is 0 Å². The standard InChI is InChI=1S/C11H11ClN2O2/c1-6(15)13-10-8-5-7(12)3-4-9(8)14(2)11(10)16/h3-5,10H,1-2H3,(H,13,15). The first-order chi connectivity index (χ1) is 7.50. The normalized spacial score (nSPS) is 18.6. The largest absolute Gasteiger partial charge is 0.341 e. The zero-order valence-corrected chi connectivity index (χ0v) is 9.71. The van der Waals surface area contributed by atoms with Gasteiger partial charge in [0, 0.05) is 30.2 Å². The average molecular weight is 239 g/mol. The van der Waals surface area contributed by atoms with Crippen LogP contribution >= 0.6 is 11.6 Å². The molecule has 0 aromatic heterocycles. The number of nitrogens with one attached hydrogen (secondary N) is 1. The topological polar surface area (TPSA) is 49.4 Å². The molecular weight excluding hydrogens is 228 g/mol. The maximum atomic E-state index is 11.9. The van der Waals surface area contributed by atoms with Crippen molar-refractivity contribution in [3.63, 3.8) is 0 Å². The number of likely N-dealkylation sites (N-methyl/N-ethyl adjacent to an activating group) is 1. The van der Waals surface area contributed by atoms with Crippen LogP contribution in [0.1, 0.15) is 18.5 Å². The van der Waals surface area contributed by atoms with Crippen molar-refractivity contribution in [3.05, 3.63) is 28.8 Å². The monoisotopic (exact) mass is 238 g/mol. The number of nitrogens with zero attached hydrogens (tertiary/aromatic N) is 1. The van der Waals surface area contributed by atoms with Gasteiger partial charge < -0.3 is 10.2 Å². The predicted molar refractivity (Wildman–Crippen MR) is 61.4 cm³/mol. The number of benzene rings is 1. The van der Waals surface area contributed by atoms with Gasteiger partial charge in [-0.15, -0.1) is 0 Å². The van der Waals surface area contributed by atoms with Gasteiger partial charge in [0.25, 0.3) is 5.91 Å². The number of amides is 2. The number of hydrogen-bond donors (Lipinski definition) is 1. The Morgan fingerprint density at radius 3 is 2.81 bits per heavy atom. The third-order valence-corrected chi connectivity index (χ3v) is 2.82. The molecule has 0 saturated carbocycles. The summed E-state index contributed by atoms with van der Waals surface area (Å²) in [6, 6.07) is 4.59. The smallest absolute Gasteiger partial charge is 0.254 e. The molecule has 0 radical (unpaired) electrons. The molecular formula is C11H11ClN2O2. The lowest BCUT2D eigenvalue weighted by Gasteiger charge is -2.11. The molecule has 0 saturated heterocycles. The molecule has 0 bridgehead atoms. The van der Waals surface area contributed by atoms with Gasteiger partial charge in [-0.25, -0.2) is 0 Å². The highest BCUT2D eigenvalue weighted by atomic mass is 35.5. The van der Waals surface area contributed by atoms with Crippen molar-refractivity contribution in [1.29, 1.82) is 0 Å². The quantitative estimate of drug-likeness (QED) is 0.806. The zero-order valence-electron chi connectivity index (χ0n) is 8.95. The molecule has 16 heavy (non-hydrogen) atoms. The third kappa shape index (κ3) is 1.65. The van der Waals surface area contributed by atoms with E-state index < -0.39 is 6.04 Å². The molecule has 1 atom stereocenters. The van der Waals surface area contributed by atoms with E-state index in [4.69, 9.17) is 11.6 Å². The molecule has 1 aromatic carbocycles. The van der Waals surface area contributed by atoms with E-state index in [9.17, 15) is 9.59 Å². The van der Waals surface area contributed by atoms with Crippen LogP contribution in [0.2, 0.25) is 5.02 Å². The van der Waals surface area contributed by atoms with Crippen molar-refractivity contribution in [2.45, 2.75) is 13.0 Å². The van der Waals surface area contributed by atoms with Crippen LogP contribution in [0.25, 0.3) is 0 Å². The summed E-state index contributed by atoms with van der Waals surface area (Å²) in [4.78, 5) is 24.4. The van der Waals surface area contributed by atoms with Gasteiger partial charge in [0.15, 0.2) is 0 Å². The summed E-state index contributed by atoms with van der Waals surface area (Å²) in [5, 5.41) is 3.17. The second kappa shape index (κ2) is 3.79. The first kappa shape index (κ1) is 11.0. The highest BCUT2D eigenvalue weighted by molar-refractivity contribution is 6.31. The minimum Gasteiger partial charge on any atom is -0.341 e. The van der Waals surface area contributed by atoms with E-state index in [-0.39, 0.29) is 11.8 Å². The van der Waals surface area contributed by atoms with E-state index in [1.54, 1.807) is 25.2 Å². The number of halogens is 1. The Morgan fingerprint density at radius 1 is 1.50 bits per heavy atom. The maximum Gasteiger partial charge on any atom is 0.254 e. The molecule has 2 rings (SSSR count). The molecule has 84 valence electrons. The van der Waals surface area contributed by atoms with Crippen molar-refractivity contribution in [2.75, 3.05) is 11.9 Å². The van der Waals surface area contributed by atoms with Crippen molar-refractivity contribution < 1.29 is 9.59 Å². The molecule has 1 aliphatic heterocycles. The zero-order chi connectivity index (χ0) is 11.9. The van der Waals surface area contributed by atoms with E-state index in [0.717, 1.165) is 11.3 Å². The summed E-state index contributed by atoms with van der Waals surface area (Å²) >= 11 is 5.88. The Bertz CT molecular complexity index is 473. The highest BCUT2D eigenvalue weighted by Crippen LogP contribution is 2.36. The van der Waals surface area contributed by atoms with Gasteiger partial charge in [-0.2, -0.15) is 0 Å². The first-order valence-electron chi connectivity index (χ1n) is 4.85. The summed E-state index contributed by atoms with van der Waals surface area (Å²) in [5.41, 5.74) is 1.53.